The van der Waals surface area contributed by atoms with Gasteiger partial charge in [0.1, 0.15) is 6.10 Å². The average molecular weight is 320 g/mol. The first-order valence-electron chi connectivity index (χ1n) is 7.59. The van der Waals surface area contributed by atoms with E-state index in [0.29, 0.717) is 31.8 Å². The van der Waals surface area contributed by atoms with Gasteiger partial charge in [-0.05, 0) is 25.0 Å². The first-order valence-corrected chi connectivity index (χ1v) is 9.19. The highest BCUT2D eigenvalue weighted by Gasteiger charge is 2.32. The lowest BCUT2D eigenvalue weighted by molar-refractivity contribution is 0.207. The normalized spacial score (nSPS) is 19.6. The summed E-state index contributed by atoms with van der Waals surface area (Å²) in [7, 11) is -3.14. The number of rotatable bonds is 5. The van der Waals surface area contributed by atoms with Crippen molar-refractivity contribution in [1.82, 2.24) is 9.29 Å². The van der Waals surface area contributed by atoms with E-state index >= 15 is 0 Å². The molecule has 0 aliphatic carbocycles. The number of ether oxygens (including phenoxy) is 1. The number of pyridine rings is 1. The largest absolute Gasteiger partial charge is 0.473 e. The standard InChI is InChI=1S/C16H20N2O3S/c1-2-11-22(19,20)18-10-9-14(12-18)21-16-8-7-13-5-3-4-6-15(13)17-16/h3-8,14H,2,9-12H2,1H3. The average Bonchev–Trinajstić information content (AvgIpc) is 2.96. The van der Waals surface area contributed by atoms with Gasteiger partial charge in [0.05, 0.1) is 17.8 Å². The highest BCUT2D eigenvalue weighted by molar-refractivity contribution is 7.89. The van der Waals surface area contributed by atoms with Crippen molar-refractivity contribution in [2.24, 2.45) is 0 Å². The number of hydrogen-bond donors (Lipinski definition) is 0. The minimum Gasteiger partial charge on any atom is -0.473 e. The van der Waals surface area contributed by atoms with Gasteiger partial charge in [0.25, 0.3) is 0 Å². The summed E-state index contributed by atoms with van der Waals surface area (Å²) in [4.78, 5) is 4.47. The molecule has 3 rings (SSSR count). The molecule has 118 valence electrons. The fourth-order valence-corrected chi connectivity index (χ4v) is 4.27. The Morgan fingerprint density at radius 3 is 2.91 bits per heavy atom. The van der Waals surface area contributed by atoms with Crippen LogP contribution in [0.3, 0.4) is 0 Å². The molecule has 0 radical (unpaired) electrons. The molecule has 0 bridgehead atoms. The van der Waals surface area contributed by atoms with E-state index in [9.17, 15) is 8.42 Å². The molecule has 1 aromatic heterocycles. The van der Waals surface area contributed by atoms with Gasteiger partial charge in [-0.25, -0.2) is 13.4 Å². The van der Waals surface area contributed by atoms with Gasteiger partial charge in [-0.1, -0.05) is 25.1 Å². The predicted molar refractivity (Wildman–Crippen MR) is 86.4 cm³/mol. The third-order valence-corrected chi connectivity index (χ3v) is 5.87. The van der Waals surface area contributed by atoms with Gasteiger partial charge in [-0.15, -0.1) is 0 Å². The lowest BCUT2D eigenvalue weighted by atomic mass is 10.2. The van der Waals surface area contributed by atoms with Crippen molar-refractivity contribution < 1.29 is 13.2 Å². The fourth-order valence-electron chi connectivity index (χ4n) is 2.72. The van der Waals surface area contributed by atoms with Crippen molar-refractivity contribution in [3.05, 3.63) is 36.4 Å². The predicted octanol–water partition coefficient (Wildman–Crippen LogP) is 2.43. The topological polar surface area (TPSA) is 59.5 Å². The van der Waals surface area contributed by atoms with Crippen LogP contribution in [0.5, 0.6) is 5.88 Å². The number of sulfonamides is 1. The Morgan fingerprint density at radius 1 is 1.27 bits per heavy atom. The van der Waals surface area contributed by atoms with Crippen LogP contribution in [0.1, 0.15) is 19.8 Å². The summed E-state index contributed by atoms with van der Waals surface area (Å²) in [5.41, 5.74) is 0.883. The molecule has 0 saturated carbocycles. The molecule has 0 N–H and O–H groups in total. The van der Waals surface area contributed by atoms with E-state index in [1.54, 1.807) is 0 Å². The summed E-state index contributed by atoms with van der Waals surface area (Å²) in [6, 6.07) is 11.7. The van der Waals surface area contributed by atoms with Crippen LogP contribution in [-0.4, -0.2) is 42.7 Å². The zero-order chi connectivity index (χ0) is 15.6. The molecule has 1 fully saturated rings. The fraction of sp³-hybridized carbons (Fsp3) is 0.438. The second kappa shape index (κ2) is 6.22. The van der Waals surface area contributed by atoms with Crippen molar-refractivity contribution >= 4 is 20.9 Å². The third kappa shape index (κ3) is 3.23. The molecule has 22 heavy (non-hydrogen) atoms. The van der Waals surface area contributed by atoms with Crippen molar-refractivity contribution in [3.63, 3.8) is 0 Å². The van der Waals surface area contributed by atoms with Gasteiger partial charge in [-0.2, -0.15) is 4.31 Å². The molecular weight excluding hydrogens is 300 g/mol. The SMILES string of the molecule is CCCS(=O)(=O)N1CCC(Oc2ccc3ccccc3n2)C1. The molecule has 2 heterocycles. The number of nitrogens with zero attached hydrogens (tertiary/aromatic N) is 2. The van der Waals surface area contributed by atoms with E-state index in [2.05, 4.69) is 4.98 Å². The molecular formula is C16H20N2O3S. The summed E-state index contributed by atoms with van der Waals surface area (Å²) in [5, 5.41) is 1.06. The molecule has 2 aromatic rings. The monoisotopic (exact) mass is 320 g/mol. The zero-order valence-corrected chi connectivity index (χ0v) is 13.4. The highest BCUT2D eigenvalue weighted by atomic mass is 32.2. The van der Waals surface area contributed by atoms with Crippen molar-refractivity contribution in [2.75, 3.05) is 18.8 Å². The summed E-state index contributed by atoms with van der Waals surface area (Å²) in [5.74, 6) is 0.756. The Bertz CT molecular complexity index is 761. The second-order valence-electron chi connectivity index (χ2n) is 5.54. The summed E-state index contributed by atoms with van der Waals surface area (Å²) in [6.45, 7) is 2.82. The minimum atomic E-state index is -3.14. The summed E-state index contributed by atoms with van der Waals surface area (Å²) >= 11 is 0. The smallest absolute Gasteiger partial charge is 0.214 e. The van der Waals surface area contributed by atoms with E-state index in [0.717, 1.165) is 10.9 Å². The third-order valence-electron chi connectivity index (χ3n) is 3.82. The van der Waals surface area contributed by atoms with Crippen LogP contribution in [0.25, 0.3) is 10.9 Å². The van der Waals surface area contributed by atoms with Crippen LogP contribution in [-0.2, 0) is 10.0 Å². The number of fused-ring (bicyclic) bond motifs is 1. The van der Waals surface area contributed by atoms with Gasteiger partial charge in [0.15, 0.2) is 0 Å². The summed E-state index contributed by atoms with van der Waals surface area (Å²) < 4.78 is 31.5. The first-order chi connectivity index (χ1) is 10.6. The first kappa shape index (κ1) is 15.2. The van der Waals surface area contributed by atoms with Gasteiger partial charge in [0.2, 0.25) is 15.9 Å². The van der Waals surface area contributed by atoms with Crippen LogP contribution in [0.2, 0.25) is 0 Å². The maximum Gasteiger partial charge on any atom is 0.214 e. The number of para-hydroxylation sites is 1. The van der Waals surface area contributed by atoms with E-state index in [4.69, 9.17) is 4.74 Å². The van der Waals surface area contributed by atoms with Crippen molar-refractivity contribution in [2.45, 2.75) is 25.9 Å². The van der Waals surface area contributed by atoms with Gasteiger partial charge in [-0.3, -0.25) is 0 Å². The Hall–Kier alpha value is -1.66. The molecule has 1 atom stereocenters. The Labute approximate surface area is 131 Å². The van der Waals surface area contributed by atoms with Gasteiger partial charge in [0, 0.05) is 18.0 Å². The quantitative estimate of drug-likeness (QED) is 0.849. The minimum absolute atomic E-state index is 0.125. The van der Waals surface area contributed by atoms with Crippen LogP contribution in [0, 0.1) is 0 Å². The Balaban J connectivity index is 1.69. The van der Waals surface area contributed by atoms with Crippen LogP contribution < -0.4 is 4.74 Å². The molecule has 1 aliphatic rings. The molecule has 0 spiro atoms. The second-order valence-corrected chi connectivity index (χ2v) is 7.63. The number of hydrogen-bond acceptors (Lipinski definition) is 4. The van der Waals surface area contributed by atoms with Gasteiger partial charge < -0.3 is 4.74 Å². The number of aromatic nitrogens is 1. The zero-order valence-electron chi connectivity index (χ0n) is 12.6. The molecule has 1 saturated heterocycles. The summed E-state index contributed by atoms with van der Waals surface area (Å²) in [6.07, 6.45) is 1.22. The van der Waals surface area contributed by atoms with Crippen LogP contribution in [0.15, 0.2) is 36.4 Å². The maximum absolute atomic E-state index is 12.1. The lowest BCUT2D eigenvalue weighted by Crippen LogP contribution is -2.32. The molecule has 1 aliphatic heterocycles. The Kier molecular flexibility index (Phi) is 4.31. The number of benzene rings is 1. The molecule has 1 aromatic carbocycles. The highest BCUT2D eigenvalue weighted by Crippen LogP contribution is 2.22. The Morgan fingerprint density at radius 2 is 2.09 bits per heavy atom. The maximum atomic E-state index is 12.1. The lowest BCUT2D eigenvalue weighted by Gasteiger charge is -2.16. The van der Waals surface area contributed by atoms with E-state index in [-0.39, 0.29) is 11.9 Å². The van der Waals surface area contributed by atoms with Gasteiger partial charge >= 0.3 is 0 Å². The van der Waals surface area contributed by atoms with Crippen molar-refractivity contribution in [3.8, 4) is 5.88 Å². The van der Waals surface area contributed by atoms with Crippen LogP contribution in [0.4, 0.5) is 0 Å². The molecule has 1 unspecified atom stereocenters. The molecule has 6 heteroatoms. The van der Waals surface area contributed by atoms with E-state index in [1.807, 2.05) is 43.3 Å². The van der Waals surface area contributed by atoms with Crippen molar-refractivity contribution in [1.29, 1.82) is 0 Å². The molecule has 0 amide bonds. The van der Waals surface area contributed by atoms with Crippen LogP contribution >= 0.6 is 0 Å². The van der Waals surface area contributed by atoms with E-state index < -0.39 is 10.0 Å². The van der Waals surface area contributed by atoms with E-state index in [1.165, 1.54) is 4.31 Å². The molecule has 5 nitrogen and oxygen atoms in total.